The zero-order chi connectivity index (χ0) is 15.5. The average molecular weight is 339 g/mol. The van der Waals surface area contributed by atoms with Gasteiger partial charge in [0.25, 0.3) is 0 Å². The summed E-state index contributed by atoms with van der Waals surface area (Å²) in [4.78, 5) is 2.02. The Kier molecular flexibility index (Phi) is 6.97. The second kappa shape index (κ2) is 8.04. The lowest BCUT2D eigenvalue weighted by Gasteiger charge is -2.35. The van der Waals surface area contributed by atoms with Gasteiger partial charge in [-0.2, -0.15) is 13.2 Å². The predicted molar refractivity (Wildman–Crippen MR) is 82.6 cm³/mol. The lowest BCUT2D eigenvalue weighted by molar-refractivity contribution is -0.138. The molecule has 3 nitrogen and oxygen atoms in total. The van der Waals surface area contributed by atoms with E-state index in [0.29, 0.717) is 18.7 Å². The van der Waals surface area contributed by atoms with Gasteiger partial charge >= 0.3 is 6.18 Å². The molecule has 7 heteroatoms. The first-order valence-electron chi connectivity index (χ1n) is 7.18. The number of aryl methyl sites for hydroxylation is 1. The van der Waals surface area contributed by atoms with Crippen molar-refractivity contribution in [3.05, 3.63) is 29.3 Å². The van der Waals surface area contributed by atoms with Crippen molar-refractivity contribution in [1.29, 1.82) is 0 Å². The van der Waals surface area contributed by atoms with Crippen molar-refractivity contribution < 1.29 is 18.3 Å². The number of hydrogen-bond donors (Lipinski definition) is 2. The van der Waals surface area contributed by atoms with E-state index in [-0.39, 0.29) is 24.6 Å². The normalized spacial score (nSPS) is 17.8. The highest BCUT2D eigenvalue weighted by atomic mass is 35.5. The molecule has 126 valence electrons. The fraction of sp³-hybridized carbons (Fsp3) is 0.600. The Balaban J connectivity index is 0.00000242. The summed E-state index contributed by atoms with van der Waals surface area (Å²) in [6.45, 7) is 4.75. The molecule has 22 heavy (non-hydrogen) atoms. The third-order valence-electron chi connectivity index (χ3n) is 3.84. The van der Waals surface area contributed by atoms with E-state index in [4.69, 9.17) is 0 Å². The van der Waals surface area contributed by atoms with Crippen molar-refractivity contribution >= 4 is 12.4 Å². The van der Waals surface area contributed by atoms with Crippen molar-refractivity contribution in [3.63, 3.8) is 0 Å². The largest absolute Gasteiger partial charge is 0.508 e. The highest BCUT2D eigenvalue weighted by Crippen LogP contribution is 2.35. The predicted octanol–water partition coefficient (Wildman–Crippen LogP) is 3.41. The Hall–Kier alpha value is -0.980. The van der Waals surface area contributed by atoms with Gasteiger partial charge in [0.15, 0.2) is 0 Å². The first kappa shape index (κ1) is 19.1. The minimum Gasteiger partial charge on any atom is -0.508 e. The fourth-order valence-electron chi connectivity index (χ4n) is 2.76. The molecule has 1 aliphatic rings. The molecule has 1 aliphatic heterocycles. The molecule has 1 atom stereocenters. The number of piperazine rings is 1. The first-order valence-corrected chi connectivity index (χ1v) is 7.18. The highest BCUT2D eigenvalue weighted by Gasteiger charge is 2.32. The summed E-state index contributed by atoms with van der Waals surface area (Å²) >= 11 is 0. The first-order chi connectivity index (χ1) is 9.87. The highest BCUT2D eigenvalue weighted by molar-refractivity contribution is 5.85. The molecular weight excluding hydrogens is 317 g/mol. The molecule has 1 aromatic rings. The zero-order valence-electron chi connectivity index (χ0n) is 12.5. The van der Waals surface area contributed by atoms with Gasteiger partial charge in [0.05, 0.1) is 0 Å². The van der Waals surface area contributed by atoms with Crippen LogP contribution in [-0.4, -0.2) is 42.4 Å². The van der Waals surface area contributed by atoms with Crippen LogP contribution in [-0.2, 0) is 0 Å². The van der Waals surface area contributed by atoms with E-state index in [1.807, 2.05) is 17.9 Å². The summed E-state index contributed by atoms with van der Waals surface area (Å²) < 4.78 is 37.7. The van der Waals surface area contributed by atoms with E-state index < -0.39 is 18.6 Å². The Morgan fingerprint density at radius 2 is 1.91 bits per heavy atom. The summed E-state index contributed by atoms with van der Waals surface area (Å²) in [5.74, 6) is 0.0840. The number of nitrogens with one attached hydrogen (secondary N) is 1. The Morgan fingerprint density at radius 1 is 1.27 bits per heavy atom. The number of rotatable bonds is 4. The van der Waals surface area contributed by atoms with E-state index in [1.165, 1.54) is 0 Å². The number of phenols is 1. The van der Waals surface area contributed by atoms with Crippen molar-refractivity contribution in [3.8, 4) is 5.75 Å². The molecular formula is C15H22ClF3N2O. The Bertz CT molecular complexity index is 476. The summed E-state index contributed by atoms with van der Waals surface area (Å²) in [5, 5.41) is 13.3. The van der Waals surface area contributed by atoms with Crippen LogP contribution in [0, 0.1) is 6.92 Å². The second-order valence-electron chi connectivity index (χ2n) is 5.52. The maximum absolute atomic E-state index is 12.6. The van der Waals surface area contributed by atoms with Gasteiger partial charge in [-0.3, -0.25) is 4.90 Å². The van der Waals surface area contributed by atoms with Crippen LogP contribution in [0.25, 0.3) is 0 Å². The Labute approximate surface area is 134 Å². The van der Waals surface area contributed by atoms with Gasteiger partial charge in [0.2, 0.25) is 0 Å². The molecule has 0 aromatic heterocycles. The van der Waals surface area contributed by atoms with Crippen LogP contribution < -0.4 is 5.32 Å². The van der Waals surface area contributed by atoms with E-state index in [0.717, 1.165) is 18.7 Å². The molecule has 0 radical (unpaired) electrons. The van der Waals surface area contributed by atoms with E-state index in [9.17, 15) is 18.3 Å². The Morgan fingerprint density at radius 3 is 2.45 bits per heavy atom. The number of hydrogen-bond acceptors (Lipinski definition) is 3. The van der Waals surface area contributed by atoms with E-state index in [1.54, 1.807) is 12.1 Å². The minimum absolute atomic E-state index is 0. The molecule has 0 amide bonds. The second-order valence-corrected chi connectivity index (χ2v) is 5.52. The number of phenolic OH excluding ortho intramolecular Hbond substituents is 1. The summed E-state index contributed by atoms with van der Waals surface area (Å²) in [6, 6.07) is 4.79. The smallest absolute Gasteiger partial charge is 0.389 e. The summed E-state index contributed by atoms with van der Waals surface area (Å²) in [6.07, 6.45) is -5.04. The van der Waals surface area contributed by atoms with Gasteiger partial charge in [0, 0.05) is 44.2 Å². The van der Waals surface area contributed by atoms with Crippen LogP contribution in [0.3, 0.4) is 0 Å². The minimum atomic E-state index is -4.17. The quantitative estimate of drug-likeness (QED) is 0.883. The number of alkyl halides is 3. The number of nitrogens with zero attached hydrogens (tertiary/aromatic N) is 1. The molecule has 0 aliphatic carbocycles. The molecule has 0 spiro atoms. The number of benzene rings is 1. The average Bonchev–Trinajstić information content (AvgIpc) is 2.41. The number of halogens is 4. The van der Waals surface area contributed by atoms with Crippen LogP contribution in [0.1, 0.15) is 30.0 Å². The van der Waals surface area contributed by atoms with Crippen LogP contribution in [0.5, 0.6) is 5.75 Å². The van der Waals surface area contributed by atoms with Crippen molar-refractivity contribution in [2.24, 2.45) is 0 Å². The molecule has 2 N–H and O–H groups in total. The number of aromatic hydroxyl groups is 1. The van der Waals surface area contributed by atoms with E-state index in [2.05, 4.69) is 5.32 Å². The molecule has 2 rings (SSSR count). The molecule has 1 heterocycles. The third-order valence-corrected chi connectivity index (χ3v) is 3.84. The maximum Gasteiger partial charge on any atom is 0.389 e. The van der Waals surface area contributed by atoms with Gasteiger partial charge in [0.1, 0.15) is 5.75 Å². The lowest BCUT2D eigenvalue weighted by Crippen LogP contribution is -2.45. The van der Waals surface area contributed by atoms with E-state index >= 15 is 0 Å². The fourth-order valence-corrected chi connectivity index (χ4v) is 2.76. The topological polar surface area (TPSA) is 35.5 Å². The van der Waals surface area contributed by atoms with Gasteiger partial charge in [-0.15, -0.1) is 12.4 Å². The lowest BCUT2D eigenvalue weighted by atomic mass is 9.97. The maximum atomic E-state index is 12.6. The standard InChI is InChI=1S/C15H21F3N2O.ClH/c1-11-2-3-12(14(21)10-11)13(4-5-15(16,17)18)20-8-6-19-7-9-20;/h2-3,10,13,19,21H,4-9H2,1H3;1H/t13-;/m0./s1. The van der Waals surface area contributed by atoms with Crippen molar-refractivity contribution in [2.75, 3.05) is 26.2 Å². The van der Waals surface area contributed by atoms with Crippen molar-refractivity contribution in [1.82, 2.24) is 10.2 Å². The summed E-state index contributed by atoms with van der Waals surface area (Å²) in [7, 11) is 0. The van der Waals surface area contributed by atoms with Gasteiger partial charge in [-0.05, 0) is 25.0 Å². The molecule has 0 saturated carbocycles. The SMILES string of the molecule is Cc1ccc([C@H](CCC(F)(F)F)N2CCNCC2)c(O)c1.Cl. The molecule has 0 unspecified atom stereocenters. The third kappa shape index (κ3) is 5.34. The molecule has 1 aromatic carbocycles. The molecule has 0 bridgehead atoms. The molecule has 1 fully saturated rings. The van der Waals surface area contributed by atoms with Crippen LogP contribution in [0.4, 0.5) is 13.2 Å². The van der Waals surface area contributed by atoms with Crippen LogP contribution >= 0.6 is 12.4 Å². The van der Waals surface area contributed by atoms with Crippen LogP contribution in [0.15, 0.2) is 18.2 Å². The van der Waals surface area contributed by atoms with Crippen molar-refractivity contribution in [2.45, 2.75) is 32.0 Å². The zero-order valence-corrected chi connectivity index (χ0v) is 13.3. The van der Waals surface area contributed by atoms with Gasteiger partial charge in [-0.1, -0.05) is 12.1 Å². The summed E-state index contributed by atoms with van der Waals surface area (Å²) in [5.41, 5.74) is 1.48. The van der Waals surface area contributed by atoms with Gasteiger partial charge < -0.3 is 10.4 Å². The molecule has 1 saturated heterocycles. The monoisotopic (exact) mass is 338 g/mol. The van der Waals surface area contributed by atoms with Gasteiger partial charge in [-0.25, -0.2) is 0 Å². The van der Waals surface area contributed by atoms with Crippen LogP contribution in [0.2, 0.25) is 0 Å².